The quantitative estimate of drug-likeness (QED) is 0.449. The second kappa shape index (κ2) is 11.1. The minimum absolute atomic E-state index is 0.0519. The van der Waals surface area contributed by atoms with E-state index in [1.54, 1.807) is 0 Å². The van der Waals surface area contributed by atoms with Gasteiger partial charge in [-0.05, 0) is 12.0 Å². The maximum absolute atomic E-state index is 12.2. The predicted octanol–water partition coefficient (Wildman–Crippen LogP) is 1.10. The molecule has 26 heavy (non-hydrogen) atoms. The van der Waals surface area contributed by atoms with Crippen molar-refractivity contribution in [3.63, 3.8) is 0 Å². The third-order valence-corrected chi connectivity index (χ3v) is 3.92. The number of ketones is 1. The van der Waals surface area contributed by atoms with E-state index < -0.39 is 0 Å². The Hall–Kier alpha value is -2.60. The third kappa shape index (κ3) is 7.98. The van der Waals surface area contributed by atoms with E-state index in [0.29, 0.717) is 17.8 Å². The van der Waals surface area contributed by atoms with E-state index in [1.807, 2.05) is 44.2 Å². The van der Waals surface area contributed by atoms with Gasteiger partial charge in [0.25, 0.3) is 0 Å². The lowest BCUT2D eigenvalue weighted by atomic mass is 10.0. The molecule has 0 saturated carbocycles. The van der Waals surface area contributed by atoms with Gasteiger partial charge in [0.05, 0.1) is 19.1 Å². The second-order valence-corrected chi connectivity index (χ2v) is 6.47. The van der Waals surface area contributed by atoms with Crippen LogP contribution in [0.2, 0.25) is 0 Å². The molecule has 0 fully saturated rings. The molecule has 0 spiro atoms. The van der Waals surface area contributed by atoms with E-state index in [9.17, 15) is 9.59 Å². The summed E-state index contributed by atoms with van der Waals surface area (Å²) >= 11 is 0. The van der Waals surface area contributed by atoms with Crippen molar-refractivity contribution in [2.45, 2.75) is 26.3 Å². The molecular weight excluding hydrogens is 328 g/mol. The van der Waals surface area contributed by atoms with E-state index in [2.05, 4.69) is 29.1 Å². The van der Waals surface area contributed by atoms with Gasteiger partial charge in [0.2, 0.25) is 5.91 Å². The van der Waals surface area contributed by atoms with Gasteiger partial charge in [0.15, 0.2) is 5.78 Å². The summed E-state index contributed by atoms with van der Waals surface area (Å²) in [5, 5.41) is 8.86. The number of benzene rings is 1. The van der Waals surface area contributed by atoms with Crippen molar-refractivity contribution in [1.82, 2.24) is 16.0 Å². The first-order valence-electron chi connectivity index (χ1n) is 8.73. The van der Waals surface area contributed by atoms with Crippen molar-refractivity contribution >= 4 is 11.7 Å². The zero-order chi connectivity index (χ0) is 19.5. The Kier molecular flexibility index (Phi) is 9.15. The zero-order valence-corrected chi connectivity index (χ0v) is 15.7. The van der Waals surface area contributed by atoms with Crippen LogP contribution in [-0.2, 0) is 16.0 Å². The fourth-order valence-electron chi connectivity index (χ4n) is 2.16. The molecule has 6 nitrogen and oxygen atoms in total. The summed E-state index contributed by atoms with van der Waals surface area (Å²) in [5.41, 5.74) is 7.72. The number of rotatable bonds is 12. The van der Waals surface area contributed by atoms with Crippen molar-refractivity contribution in [2.24, 2.45) is 11.7 Å². The van der Waals surface area contributed by atoms with Crippen molar-refractivity contribution < 1.29 is 9.59 Å². The molecular formula is C20H30N4O2. The molecule has 0 unspecified atom stereocenters. The molecule has 0 saturated heterocycles. The number of hydrogen-bond acceptors (Lipinski definition) is 5. The largest absolute Gasteiger partial charge is 0.380 e. The molecule has 6 heteroatoms. The van der Waals surface area contributed by atoms with Crippen LogP contribution < -0.4 is 21.7 Å². The van der Waals surface area contributed by atoms with Gasteiger partial charge < -0.3 is 21.7 Å². The molecule has 0 aliphatic rings. The normalized spacial score (nSPS) is 11.5. The Morgan fingerprint density at radius 2 is 1.73 bits per heavy atom. The fraction of sp³-hybridized carbons (Fsp3) is 0.400. The van der Waals surface area contributed by atoms with Crippen LogP contribution in [0.15, 0.2) is 54.9 Å². The van der Waals surface area contributed by atoms with Gasteiger partial charge in [-0.15, -0.1) is 0 Å². The molecule has 0 heterocycles. The zero-order valence-electron chi connectivity index (χ0n) is 15.7. The van der Waals surface area contributed by atoms with Crippen LogP contribution in [0.3, 0.4) is 0 Å². The molecule has 0 bridgehead atoms. The van der Waals surface area contributed by atoms with Crippen LogP contribution in [0, 0.1) is 5.92 Å². The monoisotopic (exact) mass is 358 g/mol. The van der Waals surface area contributed by atoms with Gasteiger partial charge in [-0.25, -0.2) is 0 Å². The highest BCUT2D eigenvalue weighted by atomic mass is 16.2. The lowest BCUT2D eigenvalue weighted by Gasteiger charge is -2.23. The van der Waals surface area contributed by atoms with Crippen LogP contribution in [0.25, 0.3) is 0 Å². The molecule has 0 aliphatic heterocycles. The molecule has 1 rings (SSSR count). The predicted molar refractivity (Wildman–Crippen MR) is 105 cm³/mol. The lowest BCUT2D eigenvalue weighted by molar-refractivity contribution is -0.121. The van der Waals surface area contributed by atoms with E-state index in [-0.39, 0.29) is 43.3 Å². The second-order valence-electron chi connectivity index (χ2n) is 6.47. The number of hydrogen-bond donors (Lipinski definition) is 4. The van der Waals surface area contributed by atoms with Crippen molar-refractivity contribution in [1.29, 1.82) is 0 Å². The molecule has 0 radical (unpaired) electrons. The lowest BCUT2D eigenvalue weighted by Crippen LogP contribution is -2.45. The van der Waals surface area contributed by atoms with Gasteiger partial charge in [-0.2, -0.15) is 0 Å². The van der Waals surface area contributed by atoms with E-state index in [4.69, 9.17) is 5.73 Å². The Labute approximate surface area is 155 Å². The van der Waals surface area contributed by atoms with Gasteiger partial charge in [0, 0.05) is 23.9 Å². The van der Waals surface area contributed by atoms with Crippen molar-refractivity contribution in [2.75, 3.05) is 19.6 Å². The number of carbonyl (C=O) groups excluding carboxylic acids is 2. The number of carbonyl (C=O) groups is 2. The highest BCUT2D eigenvalue weighted by Crippen LogP contribution is 2.08. The SMILES string of the molecule is C=C(CN)NCC(=O)N[C@@H](Cc1ccccc1)C(=C)NCC(=O)C(C)C. The summed E-state index contributed by atoms with van der Waals surface area (Å²) < 4.78 is 0. The molecule has 1 amide bonds. The van der Waals surface area contributed by atoms with Gasteiger partial charge in [0.1, 0.15) is 0 Å². The molecule has 1 aromatic carbocycles. The van der Waals surface area contributed by atoms with Crippen LogP contribution in [0.5, 0.6) is 0 Å². The molecule has 0 aromatic heterocycles. The average Bonchev–Trinajstić information content (AvgIpc) is 2.63. The number of nitrogens with one attached hydrogen (secondary N) is 3. The topological polar surface area (TPSA) is 96.2 Å². The van der Waals surface area contributed by atoms with E-state index in [0.717, 1.165) is 5.56 Å². The summed E-state index contributed by atoms with van der Waals surface area (Å²) in [6.07, 6.45) is 0.576. The highest BCUT2D eigenvalue weighted by molar-refractivity contribution is 5.82. The number of nitrogens with two attached hydrogens (primary N) is 1. The van der Waals surface area contributed by atoms with Crippen LogP contribution in [0.4, 0.5) is 0 Å². The molecule has 0 aliphatic carbocycles. The Balaban J connectivity index is 2.71. The molecule has 142 valence electrons. The summed E-state index contributed by atoms with van der Waals surface area (Å²) in [6, 6.07) is 9.46. The minimum atomic E-state index is -0.335. The van der Waals surface area contributed by atoms with Gasteiger partial charge in [-0.3, -0.25) is 9.59 Å². The summed E-state index contributed by atoms with van der Waals surface area (Å²) in [4.78, 5) is 24.1. The molecule has 5 N–H and O–H groups in total. The van der Waals surface area contributed by atoms with Crippen LogP contribution in [0.1, 0.15) is 19.4 Å². The highest BCUT2D eigenvalue weighted by Gasteiger charge is 2.17. The Bertz CT molecular complexity index is 626. The fourth-order valence-corrected chi connectivity index (χ4v) is 2.16. The number of Topliss-reactive ketones (excluding diaryl/α,β-unsaturated/α-hetero) is 1. The summed E-state index contributed by atoms with van der Waals surface area (Å²) in [5.74, 6) is -0.153. The van der Waals surface area contributed by atoms with Crippen molar-refractivity contribution in [3.8, 4) is 0 Å². The maximum atomic E-state index is 12.2. The van der Waals surface area contributed by atoms with E-state index >= 15 is 0 Å². The molecule has 1 aromatic rings. The van der Waals surface area contributed by atoms with Crippen LogP contribution >= 0.6 is 0 Å². The summed E-state index contributed by atoms with van der Waals surface area (Å²) in [7, 11) is 0. The van der Waals surface area contributed by atoms with E-state index in [1.165, 1.54) is 0 Å². The first-order valence-corrected chi connectivity index (χ1v) is 8.73. The standard InChI is InChI=1S/C20H30N4O2/c1-14(2)19(25)12-23-16(4)18(10-17-8-6-5-7-9-17)24-20(26)13-22-15(3)11-21/h5-9,14,18,22-23H,3-4,10-13,21H2,1-2H3,(H,24,26)/t18-/m0/s1. The smallest absolute Gasteiger partial charge is 0.239 e. The maximum Gasteiger partial charge on any atom is 0.239 e. The Morgan fingerprint density at radius 1 is 1.08 bits per heavy atom. The van der Waals surface area contributed by atoms with Gasteiger partial charge >= 0.3 is 0 Å². The number of amides is 1. The van der Waals surface area contributed by atoms with Gasteiger partial charge in [-0.1, -0.05) is 57.3 Å². The first kappa shape index (κ1) is 21.4. The summed E-state index contributed by atoms with van der Waals surface area (Å²) in [6.45, 7) is 12.0. The minimum Gasteiger partial charge on any atom is -0.380 e. The van der Waals surface area contributed by atoms with Crippen molar-refractivity contribution in [3.05, 3.63) is 60.4 Å². The first-order chi connectivity index (χ1) is 12.3. The van der Waals surface area contributed by atoms with Crippen LogP contribution in [-0.4, -0.2) is 37.4 Å². The molecule has 1 atom stereocenters. The Morgan fingerprint density at radius 3 is 2.31 bits per heavy atom. The third-order valence-electron chi connectivity index (χ3n) is 3.92. The average molecular weight is 358 g/mol.